The molecule has 3 rings (SSSR count). The third-order valence-electron chi connectivity index (χ3n) is 4.39. The number of alkyl halides is 3. The summed E-state index contributed by atoms with van der Waals surface area (Å²) in [4.78, 5) is 15.6. The van der Waals surface area contributed by atoms with Crippen molar-refractivity contribution in [2.75, 3.05) is 32.7 Å². The number of rotatable bonds is 3. The Morgan fingerprint density at radius 1 is 1.12 bits per heavy atom. The van der Waals surface area contributed by atoms with Crippen LogP contribution in [0.25, 0.3) is 10.9 Å². The molecule has 2 heterocycles. The number of halogens is 4. The Morgan fingerprint density at radius 2 is 1.92 bits per heavy atom. The van der Waals surface area contributed by atoms with Crippen molar-refractivity contribution >= 4 is 28.4 Å². The highest BCUT2D eigenvalue weighted by molar-refractivity contribution is 6.31. The van der Waals surface area contributed by atoms with Gasteiger partial charge in [-0.15, -0.1) is 0 Å². The lowest BCUT2D eigenvalue weighted by atomic mass is 10.2. The van der Waals surface area contributed by atoms with Gasteiger partial charge in [0.25, 0.3) is 0 Å². The number of amides is 1. The smallest absolute Gasteiger partial charge is 0.340 e. The molecule has 1 aliphatic rings. The summed E-state index contributed by atoms with van der Waals surface area (Å²) in [5.41, 5.74) is 0.870. The van der Waals surface area contributed by atoms with E-state index in [1.807, 2.05) is 22.9 Å². The van der Waals surface area contributed by atoms with Gasteiger partial charge in [0.2, 0.25) is 5.91 Å². The molecule has 1 fully saturated rings. The molecule has 0 atom stereocenters. The lowest BCUT2D eigenvalue weighted by molar-refractivity contribution is -0.145. The van der Waals surface area contributed by atoms with E-state index >= 15 is 0 Å². The van der Waals surface area contributed by atoms with Crippen molar-refractivity contribution in [3.63, 3.8) is 0 Å². The van der Waals surface area contributed by atoms with Gasteiger partial charge in [-0.05, 0) is 30.0 Å². The molecule has 4 nitrogen and oxygen atoms in total. The van der Waals surface area contributed by atoms with Crippen LogP contribution < -0.4 is 0 Å². The fourth-order valence-electron chi connectivity index (χ4n) is 3.17. The molecule has 0 spiro atoms. The predicted molar refractivity (Wildman–Crippen MR) is 90.6 cm³/mol. The number of fused-ring (bicyclic) bond motifs is 1. The normalized spacial score (nSPS) is 17.0. The Balaban J connectivity index is 1.64. The molecule has 0 unspecified atom stereocenters. The quantitative estimate of drug-likeness (QED) is 0.825. The molecular weight excluding hydrogens is 355 g/mol. The van der Waals surface area contributed by atoms with Crippen LogP contribution in [-0.4, -0.2) is 59.2 Å². The molecule has 1 saturated heterocycles. The monoisotopic (exact) mass is 373 g/mol. The van der Waals surface area contributed by atoms with Crippen LogP contribution in [-0.2, 0) is 11.3 Å². The van der Waals surface area contributed by atoms with E-state index in [1.165, 1.54) is 4.90 Å². The van der Waals surface area contributed by atoms with Crippen molar-refractivity contribution in [2.45, 2.75) is 19.1 Å². The van der Waals surface area contributed by atoms with Gasteiger partial charge < -0.3 is 9.47 Å². The number of nitrogens with zero attached hydrogens (tertiary/aromatic N) is 3. The summed E-state index contributed by atoms with van der Waals surface area (Å²) in [5, 5.41) is 1.59. The predicted octanol–water partition coefficient (Wildman–Crippen LogP) is 3.39. The number of benzene rings is 1. The molecule has 0 radical (unpaired) electrons. The van der Waals surface area contributed by atoms with Gasteiger partial charge in [0, 0.05) is 42.9 Å². The number of carbonyl (C=O) groups is 1. The highest BCUT2D eigenvalue weighted by Gasteiger charge is 2.31. The molecule has 1 aliphatic heterocycles. The summed E-state index contributed by atoms with van der Waals surface area (Å²) >= 11 is 6.02. The van der Waals surface area contributed by atoms with E-state index < -0.39 is 12.7 Å². The second-order valence-corrected chi connectivity index (χ2v) is 6.71. The van der Waals surface area contributed by atoms with Crippen LogP contribution in [0.2, 0.25) is 5.02 Å². The fourth-order valence-corrected chi connectivity index (χ4v) is 3.34. The third kappa shape index (κ3) is 4.67. The third-order valence-corrected chi connectivity index (χ3v) is 4.62. The van der Waals surface area contributed by atoms with Crippen molar-refractivity contribution < 1.29 is 18.0 Å². The molecule has 1 amide bonds. The Labute approximate surface area is 148 Å². The molecular formula is C17H19ClF3N3O. The molecule has 0 aliphatic carbocycles. The molecule has 2 aromatic rings. The van der Waals surface area contributed by atoms with E-state index in [1.54, 1.807) is 17.0 Å². The second kappa shape index (κ2) is 7.25. The first-order valence-corrected chi connectivity index (χ1v) is 8.51. The van der Waals surface area contributed by atoms with Crippen LogP contribution >= 0.6 is 11.6 Å². The average Bonchev–Trinajstić information content (AvgIpc) is 2.76. The zero-order valence-corrected chi connectivity index (χ0v) is 14.4. The van der Waals surface area contributed by atoms with Crippen molar-refractivity contribution in [2.24, 2.45) is 0 Å². The molecule has 0 bridgehead atoms. The van der Waals surface area contributed by atoms with E-state index in [0.717, 1.165) is 10.9 Å². The van der Waals surface area contributed by atoms with Gasteiger partial charge in [0.1, 0.15) is 6.54 Å². The van der Waals surface area contributed by atoms with Crippen molar-refractivity contribution in [3.8, 4) is 0 Å². The summed E-state index contributed by atoms with van der Waals surface area (Å²) in [6.45, 7) is 0.621. The molecule has 136 valence electrons. The molecule has 1 aromatic heterocycles. The van der Waals surface area contributed by atoms with Crippen molar-refractivity contribution in [3.05, 3.63) is 35.5 Å². The SMILES string of the molecule is O=C(Cn1ccc2ccc(Cl)cc21)N1CCCN(CC(F)(F)F)CC1. The van der Waals surface area contributed by atoms with Crippen LogP contribution in [0.3, 0.4) is 0 Å². The van der Waals surface area contributed by atoms with Gasteiger partial charge in [-0.2, -0.15) is 13.2 Å². The van der Waals surface area contributed by atoms with Crippen LogP contribution in [0, 0.1) is 0 Å². The van der Waals surface area contributed by atoms with Crippen LogP contribution in [0.1, 0.15) is 6.42 Å². The van der Waals surface area contributed by atoms with Crippen LogP contribution in [0.4, 0.5) is 13.2 Å². The van der Waals surface area contributed by atoms with E-state index in [-0.39, 0.29) is 19.0 Å². The van der Waals surface area contributed by atoms with Crippen molar-refractivity contribution in [1.82, 2.24) is 14.4 Å². The Kier molecular flexibility index (Phi) is 5.24. The standard InChI is InChI=1S/C17H19ClF3N3O/c18-14-3-2-13-4-7-24(15(13)10-14)11-16(25)23-6-1-5-22(8-9-23)12-17(19,20)21/h2-4,7,10H,1,5-6,8-9,11-12H2. The Hall–Kier alpha value is -1.73. The maximum absolute atomic E-state index is 12.6. The van der Waals surface area contributed by atoms with E-state index in [4.69, 9.17) is 11.6 Å². The maximum Gasteiger partial charge on any atom is 0.401 e. The summed E-state index contributed by atoms with van der Waals surface area (Å²) in [6, 6.07) is 7.39. The molecule has 0 saturated carbocycles. The minimum atomic E-state index is -4.21. The van der Waals surface area contributed by atoms with E-state index in [2.05, 4.69) is 0 Å². The molecule has 25 heavy (non-hydrogen) atoms. The van der Waals surface area contributed by atoms with E-state index in [0.29, 0.717) is 31.1 Å². The zero-order chi connectivity index (χ0) is 18.0. The second-order valence-electron chi connectivity index (χ2n) is 6.27. The lowest BCUT2D eigenvalue weighted by Gasteiger charge is -2.23. The first-order valence-electron chi connectivity index (χ1n) is 8.13. The minimum absolute atomic E-state index is 0.0914. The summed E-state index contributed by atoms with van der Waals surface area (Å²) in [7, 11) is 0. The maximum atomic E-state index is 12.6. The Bertz CT molecular complexity index is 759. The molecule has 0 N–H and O–H groups in total. The number of hydrogen-bond donors (Lipinski definition) is 0. The van der Waals surface area contributed by atoms with Gasteiger partial charge in [-0.3, -0.25) is 9.69 Å². The molecule has 1 aromatic carbocycles. The number of hydrogen-bond acceptors (Lipinski definition) is 2. The Morgan fingerprint density at radius 3 is 2.68 bits per heavy atom. The summed E-state index contributed by atoms with van der Waals surface area (Å²) in [5.74, 6) is -0.0914. The summed E-state index contributed by atoms with van der Waals surface area (Å²) in [6.07, 6.45) is -1.84. The average molecular weight is 374 g/mol. The first kappa shape index (κ1) is 18.1. The largest absolute Gasteiger partial charge is 0.401 e. The van der Waals surface area contributed by atoms with Crippen LogP contribution in [0.5, 0.6) is 0 Å². The first-order chi connectivity index (χ1) is 11.8. The highest BCUT2D eigenvalue weighted by Crippen LogP contribution is 2.21. The number of carbonyl (C=O) groups excluding carboxylic acids is 1. The van der Waals surface area contributed by atoms with Gasteiger partial charge in [0.05, 0.1) is 6.54 Å². The van der Waals surface area contributed by atoms with E-state index in [9.17, 15) is 18.0 Å². The lowest BCUT2D eigenvalue weighted by Crippen LogP contribution is -2.39. The zero-order valence-electron chi connectivity index (χ0n) is 13.6. The molecule has 8 heteroatoms. The van der Waals surface area contributed by atoms with Gasteiger partial charge in [-0.25, -0.2) is 0 Å². The minimum Gasteiger partial charge on any atom is -0.340 e. The summed E-state index contributed by atoms with van der Waals surface area (Å²) < 4.78 is 39.4. The highest BCUT2D eigenvalue weighted by atomic mass is 35.5. The van der Waals surface area contributed by atoms with Gasteiger partial charge in [-0.1, -0.05) is 17.7 Å². The van der Waals surface area contributed by atoms with Gasteiger partial charge in [0.15, 0.2) is 0 Å². The fraction of sp³-hybridized carbons (Fsp3) is 0.471. The van der Waals surface area contributed by atoms with Crippen LogP contribution in [0.15, 0.2) is 30.5 Å². The number of aromatic nitrogens is 1. The van der Waals surface area contributed by atoms with Crippen molar-refractivity contribution in [1.29, 1.82) is 0 Å². The topological polar surface area (TPSA) is 28.5 Å². The van der Waals surface area contributed by atoms with Gasteiger partial charge >= 0.3 is 6.18 Å².